The van der Waals surface area contributed by atoms with E-state index < -0.39 is 5.97 Å². The molecule has 0 fully saturated rings. The van der Waals surface area contributed by atoms with Crippen LogP contribution < -0.4 is 5.56 Å². The lowest BCUT2D eigenvalue weighted by Crippen LogP contribution is -2.21. The maximum absolute atomic E-state index is 13.1. The normalized spacial score (nSPS) is 11.0. The topological polar surface area (TPSA) is 61.2 Å². The maximum Gasteiger partial charge on any atom is 0.349 e. The number of aryl methyl sites for hydroxylation is 2. The lowest BCUT2D eigenvalue weighted by molar-refractivity contribution is 0.0478. The van der Waals surface area contributed by atoms with Gasteiger partial charge in [-0.2, -0.15) is 0 Å². The van der Waals surface area contributed by atoms with Crippen molar-refractivity contribution in [2.45, 2.75) is 33.4 Å². The second-order valence-electron chi connectivity index (χ2n) is 7.15. The van der Waals surface area contributed by atoms with Gasteiger partial charge >= 0.3 is 5.97 Å². The van der Waals surface area contributed by atoms with Gasteiger partial charge in [-0.15, -0.1) is 11.3 Å². The Hall–Kier alpha value is -3.25. The largest absolute Gasteiger partial charge is 0.457 e. The average Bonchev–Trinajstić information content (AvgIpc) is 3.12. The quantitative estimate of drug-likeness (QED) is 0.425. The monoisotopic (exact) mass is 418 g/mol. The number of rotatable bonds is 6. The van der Waals surface area contributed by atoms with Crippen LogP contribution >= 0.6 is 11.3 Å². The van der Waals surface area contributed by atoms with Crippen LogP contribution in [0.15, 0.2) is 65.7 Å². The molecule has 0 N–H and O–H groups in total. The Morgan fingerprint density at radius 3 is 2.43 bits per heavy atom. The van der Waals surface area contributed by atoms with Crippen molar-refractivity contribution in [3.63, 3.8) is 0 Å². The standard InChI is InChI=1S/C24H22N2O3S/c1-3-17-9-11-18(12-10-17)13-26-15-25-22-20(23(26)27)16(2)21(30-22)24(28)29-14-19-7-5-4-6-8-19/h4-12,15H,3,13-14H2,1-2H3. The number of benzene rings is 2. The Balaban J connectivity index is 1.59. The summed E-state index contributed by atoms with van der Waals surface area (Å²) in [6.07, 6.45) is 2.53. The lowest BCUT2D eigenvalue weighted by Gasteiger charge is -2.06. The van der Waals surface area contributed by atoms with Gasteiger partial charge in [-0.1, -0.05) is 61.5 Å². The molecule has 2 aromatic heterocycles. The molecular formula is C24H22N2O3S. The molecule has 0 atom stereocenters. The van der Waals surface area contributed by atoms with E-state index in [1.165, 1.54) is 16.9 Å². The fourth-order valence-electron chi connectivity index (χ4n) is 3.33. The molecular weight excluding hydrogens is 396 g/mol. The Kier molecular flexibility index (Phi) is 5.77. The van der Waals surface area contributed by atoms with Crippen LogP contribution in [0.4, 0.5) is 0 Å². The van der Waals surface area contributed by atoms with Crippen LogP contribution in [0.25, 0.3) is 10.2 Å². The van der Waals surface area contributed by atoms with Gasteiger partial charge in [-0.05, 0) is 35.6 Å². The van der Waals surface area contributed by atoms with E-state index in [0.29, 0.717) is 27.2 Å². The predicted molar refractivity (Wildman–Crippen MR) is 119 cm³/mol. The maximum atomic E-state index is 13.1. The third kappa shape index (κ3) is 4.04. The molecule has 0 saturated heterocycles. The van der Waals surface area contributed by atoms with Gasteiger partial charge in [0, 0.05) is 0 Å². The summed E-state index contributed by atoms with van der Waals surface area (Å²) in [6.45, 7) is 4.52. The first kappa shape index (κ1) is 20.0. The van der Waals surface area contributed by atoms with Crippen molar-refractivity contribution in [1.82, 2.24) is 9.55 Å². The summed E-state index contributed by atoms with van der Waals surface area (Å²) >= 11 is 1.20. The zero-order valence-corrected chi connectivity index (χ0v) is 17.7. The number of hydrogen-bond acceptors (Lipinski definition) is 5. The third-order valence-corrected chi connectivity index (χ3v) is 6.28. The summed E-state index contributed by atoms with van der Waals surface area (Å²) in [4.78, 5) is 31.1. The highest BCUT2D eigenvalue weighted by Crippen LogP contribution is 2.27. The first-order valence-electron chi connectivity index (χ1n) is 9.84. The average molecular weight is 419 g/mol. The molecule has 2 heterocycles. The molecule has 6 heteroatoms. The highest BCUT2D eigenvalue weighted by Gasteiger charge is 2.20. The molecule has 0 amide bonds. The zero-order chi connectivity index (χ0) is 21.1. The Morgan fingerprint density at radius 1 is 1.03 bits per heavy atom. The minimum Gasteiger partial charge on any atom is -0.457 e. The summed E-state index contributed by atoms with van der Waals surface area (Å²) < 4.78 is 7.03. The van der Waals surface area contributed by atoms with Gasteiger partial charge in [0.25, 0.3) is 5.56 Å². The molecule has 5 nitrogen and oxygen atoms in total. The first-order chi connectivity index (χ1) is 14.6. The summed E-state index contributed by atoms with van der Waals surface area (Å²) in [6, 6.07) is 17.7. The zero-order valence-electron chi connectivity index (χ0n) is 16.9. The van der Waals surface area contributed by atoms with E-state index in [1.807, 2.05) is 42.5 Å². The van der Waals surface area contributed by atoms with Crippen LogP contribution in [-0.4, -0.2) is 15.5 Å². The lowest BCUT2D eigenvalue weighted by atomic mass is 10.1. The molecule has 0 aliphatic rings. The van der Waals surface area contributed by atoms with Crippen LogP contribution in [0.3, 0.4) is 0 Å². The van der Waals surface area contributed by atoms with Gasteiger partial charge in [0.15, 0.2) is 0 Å². The van der Waals surface area contributed by atoms with Gasteiger partial charge in [0.2, 0.25) is 0 Å². The highest BCUT2D eigenvalue weighted by atomic mass is 32.1. The molecule has 0 spiro atoms. The highest BCUT2D eigenvalue weighted by molar-refractivity contribution is 7.20. The molecule has 0 radical (unpaired) electrons. The second-order valence-corrected chi connectivity index (χ2v) is 8.14. The van der Waals surface area contributed by atoms with E-state index in [4.69, 9.17) is 4.74 Å². The first-order valence-corrected chi connectivity index (χ1v) is 10.7. The van der Waals surface area contributed by atoms with Crippen molar-refractivity contribution in [3.05, 3.63) is 98.4 Å². The minimum absolute atomic E-state index is 0.143. The van der Waals surface area contributed by atoms with Crippen LogP contribution in [0.5, 0.6) is 0 Å². The van der Waals surface area contributed by atoms with Crippen LogP contribution in [-0.2, 0) is 24.3 Å². The predicted octanol–water partition coefficient (Wildman–Crippen LogP) is 4.73. The van der Waals surface area contributed by atoms with Gasteiger partial charge in [0.1, 0.15) is 16.3 Å². The van der Waals surface area contributed by atoms with E-state index in [9.17, 15) is 9.59 Å². The number of nitrogens with zero attached hydrogens (tertiary/aromatic N) is 2. The van der Waals surface area contributed by atoms with Gasteiger partial charge in [0.05, 0.1) is 18.3 Å². The smallest absolute Gasteiger partial charge is 0.349 e. The second kappa shape index (κ2) is 8.63. The number of ether oxygens (including phenoxy) is 1. The van der Waals surface area contributed by atoms with Crippen molar-refractivity contribution >= 4 is 27.5 Å². The summed E-state index contributed by atoms with van der Waals surface area (Å²) in [7, 11) is 0. The number of fused-ring (bicyclic) bond motifs is 1. The van der Waals surface area contributed by atoms with Crippen LogP contribution in [0, 0.1) is 6.92 Å². The fraction of sp³-hybridized carbons (Fsp3) is 0.208. The van der Waals surface area contributed by atoms with Gasteiger partial charge < -0.3 is 4.74 Å². The minimum atomic E-state index is -0.430. The third-order valence-electron chi connectivity index (χ3n) is 5.10. The summed E-state index contributed by atoms with van der Waals surface area (Å²) in [5.74, 6) is -0.430. The van der Waals surface area contributed by atoms with E-state index in [1.54, 1.807) is 17.8 Å². The van der Waals surface area contributed by atoms with Crippen molar-refractivity contribution in [3.8, 4) is 0 Å². The molecule has 0 saturated carbocycles. The number of carbonyl (C=O) groups is 1. The van der Waals surface area contributed by atoms with Crippen molar-refractivity contribution in [2.75, 3.05) is 0 Å². The van der Waals surface area contributed by atoms with E-state index in [0.717, 1.165) is 17.5 Å². The van der Waals surface area contributed by atoms with Crippen LogP contribution in [0.2, 0.25) is 0 Å². The van der Waals surface area contributed by atoms with Crippen molar-refractivity contribution < 1.29 is 9.53 Å². The molecule has 0 unspecified atom stereocenters. The molecule has 2 aromatic carbocycles. The number of esters is 1. The number of hydrogen-bond donors (Lipinski definition) is 0. The van der Waals surface area contributed by atoms with Gasteiger partial charge in [-0.25, -0.2) is 9.78 Å². The van der Waals surface area contributed by atoms with Crippen LogP contribution in [0.1, 0.15) is 38.8 Å². The van der Waals surface area contributed by atoms with E-state index >= 15 is 0 Å². The number of aromatic nitrogens is 2. The molecule has 4 aromatic rings. The molecule has 0 bridgehead atoms. The molecule has 0 aliphatic heterocycles. The SMILES string of the molecule is CCc1ccc(Cn2cnc3sc(C(=O)OCc4ccccc4)c(C)c3c2=O)cc1. The fourth-order valence-corrected chi connectivity index (χ4v) is 4.37. The molecule has 152 valence electrons. The van der Waals surface area contributed by atoms with E-state index in [-0.39, 0.29) is 12.2 Å². The van der Waals surface area contributed by atoms with Gasteiger partial charge in [-0.3, -0.25) is 9.36 Å². The molecule has 30 heavy (non-hydrogen) atoms. The number of thiophene rings is 1. The number of carbonyl (C=O) groups excluding carboxylic acids is 1. The molecule has 4 rings (SSSR count). The summed E-state index contributed by atoms with van der Waals surface area (Å²) in [5, 5.41) is 0.485. The molecule has 0 aliphatic carbocycles. The summed E-state index contributed by atoms with van der Waals surface area (Å²) in [5.41, 5.74) is 3.69. The Morgan fingerprint density at radius 2 is 1.73 bits per heavy atom. The Labute approximate surface area is 178 Å². The van der Waals surface area contributed by atoms with E-state index in [2.05, 4.69) is 24.0 Å². The van der Waals surface area contributed by atoms with Crippen molar-refractivity contribution in [1.29, 1.82) is 0 Å². The van der Waals surface area contributed by atoms with Crippen molar-refractivity contribution in [2.24, 2.45) is 0 Å². The Bertz CT molecular complexity index is 1240.